The number of nitrogens with one attached hydrogen (secondary N) is 2. The van der Waals surface area contributed by atoms with Gasteiger partial charge in [0.1, 0.15) is 0 Å². The molecule has 1 saturated carbocycles. The molecule has 0 spiro atoms. The Morgan fingerprint density at radius 1 is 0.729 bits per heavy atom. The quantitative estimate of drug-likeness (QED) is 0.0403. The van der Waals surface area contributed by atoms with Gasteiger partial charge < -0.3 is 30.4 Å². The Hall–Kier alpha value is -4.89. The molecule has 3 rings (SSSR count). The number of carboxylic acids is 2. The smallest absolute Gasteiger partial charge is 0.270 e. The minimum atomic E-state index is -1.31. The van der Waals surface area contributed by atoms with E-state index in [-0.39, 0.29) is 29.0 Å². The van der Waals surface area contributed by atoms with E-state index in [4.69, 9.17) is 22.3 Å². The molecule has 15 heteroatoms. The summed E-state index contributed by atoms with van der Waals surface area (Å²) in [4.78, 5) is 53.8. The van der Waals surface area contributed by atoms with Crippen molar-refractivity contribution in [1.82, 2.24) is 10.6 Å². The molecule has 0 unspecified atom stereocenters. The van der Waals surface area contributed by atoms with Crippen molar-refractivity contribution >= 4 is 78.6 Å². The number of aliphatic carboxylic acids is 2. The average Bonchev–Trinajstić information content (AvgIpc) is 3.19. The molecule has 13 nitrogen and oxygen atoms in total. The summed E-state index contributed by atoms with van der Waals surface area (Å²) in [6.45, 7) is 2.47. The van der Waals surface area contributed by atoms with E-state index in [2.05, 4.69) is 35.9 Å². The van der Waals surface area contributed by atoms with Gasteiger partial charge in [-0.25, -0.2) is 0 Å². The monoisotopic (exact) mass is 697 g/mol. The summed E-state index contributed by atoms with van der Waals surface area (Å²) in [6.07, 6.45) is 7.47. The van der Waals surface area contributed by atoms with Crippen molar-refractivity contribution in [1.29, 1.82) is 0 Å². The van der Waals surface area contributed by atoms with Gasteiger partial charge in [0.2, 0.25) is 11.8 Å². The Morgan fingerprint density at radius 2 is 1.04 bits per heavy atom. The topological polar surface area (TPSA) is 259 Å². The first-order valence-corrected chi connectivity index (χ1v) is 16.0. The number of Topliss-reactive ketones (excluding diaryl/α,β-unsaturated/α-hetero) is 1. The first kappa shape index (κ1) is 41.1. The molecular formula is C33H42N6O7S2. The number of amidine groups is 2. The fraction of sp³-hybridized carbons (Fsp3) is 0.303. The van der Waals surface area contributed by atoms with Crippen LogP contribution < -0.4 is 43.1 Å². The normalized spacial score (nSPS) is 15.3. The molecule has 10 N–H and O–H groups in total. The number of hydrogen-bond acceptors (Lipinski definition) is 9. The summed E-state index contributed by atoms with van der Waals surface area (Å²) < 4.78 is 0. The van der Waals surface area contributed by atoms with Gasteiger partial charge in [-0.2, -0.15) is 25.3 Å². The lowest BCUT2D eigenvalue weighted by Gasteiger charge is -2.15. The van der Waals surface area contributed by atoms with Crippen LogP contribution in [0.1, 0.15) is 61.8 Å². The molecule has 0 aliphatic heterocycles. The highest BCUT2D eigenvalue weighted by Gasteiger charge is 2.19. The van der Waals surface area contributed by atoms with Crippen LogP contribution >= 0.6 is 25.3 Å². The molecule has 2 aromatic rings. The molecule has 1 aliphatic rings. The van der Waals surface area contributed by atoms with Crippen LogP contribution in [-0.2, 0) is 24.0 Å². The largest absolute Gasteiger partial charge is 0.548 e. The van der Waals surface area contributed by atoms with Gasteiger partial charge in [0.25, 0.3) is 11.7 Å². The van der Waals surface area contributed by atoms with Crippen LogP contribution in [0, 0.1) is 0 Å². The summed E-state index contributed by atoms with van der Waals surface area (Å²) >= 11 is 7.39. The van der Waals surface area contributed by atoms with Crippen molar-refractivity contribution < 1.29 is 45.0 Å². The molecule has 48 heavy (non-hydrogen) atoms. The lowest BCUT2D eigenvalue weighted by molar-refractivity contribution is -0.308. The lowest BCUT2D eigenvalue weighted by Crippen LogP contribution is -2.48. The minimum absolute atomic E-state index is 0.0436. The summed E-state index contributed by atoms with van der Waals surface area (Å²) in [5, 5.41) is 35.7. The summed E-state index contributed by atoms with van der Waals surface area (Å²) in [6, 6.07) is 13.2. The Bertz CT molecular complexity index is 1430. The number of amides is 2. The number of ketones is 1. The molecule has 2 aromatic carbocycles. The molecule has 1 aliphatic carbocycles. The van der Waals surface area contributed by atoms with Gasteiger partial charge in [0.15, 0.2) is 5.78 Å². The molecule has 1 fully saturated rings. The second-order valence-corrected chi connectivity index (χ2v) is 11.3. The fourth-order valence-corrected chi connectivity index (χ4v) is 4.62. The molecule has 0 aromatic heterocycles. The molecule has 2 atom stereocenters. The second-order valence-electron chi connectivity index (χ2n) is 10.5. The van der Waals surface area contributed by atoms with Crippen LogP contribution in [0.3, 0.4) is 0 Å². The van der Waals surface area contributed by atoms with Crippen LogP contribution in [0.4, 0.5) is 0 Å². The van der Waals surface area contributed by atoms with Gasteiger partial charge in [-0.1, -0.05) is 24.3 Å². The number of thiol groups is 2. The predicted octanol–water partition coefficient (Wildman–Crippen LogP) is -3.43. The summed E-state index contributed by atoms with van der Waals surface area (Å²) in [7, 11) is 0. The third-order valence-corrected chi connectivity index (χ3v) is 7.31. The van der Waals surface area contributed by atoms with Crippen molar-refractivity contribution in [3.63, 3.8) is 0 Å². The first-order chi connectivity index (χ1) is 22.6. The minimum Gasteiger partial charge on any atom is -0.548 e. The molecular weight excluding hydrogens is 656 g/mol. The standard InChI is InChI=1S/C23H24N4O.2C5H9NO3S/c24-22(25)17-9-5-15(6-10-17)13-19-3-1-2-4-20(21(19)28)14-16-7-11-18(12-8-16)23(26)27;2*1-3(7)6-4(2-10)5(8)9/h5-14H,1-4H2,(H3,24,25)(H3,26,27);2*4,10H,2H2,1H3,(H,6,7)(H,8,9)/b19-13-,20-14-;;/t;2*4-/m.00/s1/i22-1;;. The van der Waals surface area contributed by atoms with E-state index in [0.717, 1.165) is 59.1 Å². The Kier molecular flexibility index (Phi) is 18.1. The average molecular weight is 698 g/mol. The number of benzene rings is 2. The van der Waals surface area contributed by atoms with E-state index >= 15 is 0 Å². The maximum absolute atomic E-state index is 13.1. The van der Waals surface area contributed by atoms with Crippen molar-refractivity contribution in [2.24, 2.45) is 11.5 Å². The molecule has 0 bridgehead atoms. The van der Waals surface area contributed by atoms with Gasteiger partial charge in [-0.15, -0.1) is 0 Å². The number of allylic oxidation sites excluding steroid dienone is 2. The number of carbonyl (C=O) groups is 5. The van der Waals surface area contributed by atoms with E-state index in [9.17, 15) is 34.2 Å². The van der Waals surface area contributed by atoms with Gasteiger partial charge in [0.05, 0.1) is 35.1 Å². The molecule has 0 saturated heterocycles. The number of carboxylic acid groups (broad SMARTS) is 2. The molecule has 2 amide bonds. The Morgan fingerprint density at radius 3 is 1.25 bits per heavy atom. The number of hydrogen-bond donors (Lipinski definition) is 8. The van der Waals surface area contributed by atoms with Crippen LogP contribution in [0.2, 0.25) is 0 Å². The summed E-state index contributed by atoms with van der Waals surface area (Å²) in [5.41, 5.74) is 16.4. The zero-order valence-electron chi connectivity index (χ0n) is 26.7. The van der Waals surface area contributed by atoms with Gasteiger partial charge in [-0.3, -0.25) is 36.7 Å². The molecule has 258 valence electrons. The highest BCUT2D eigenvalue weighted by atomic mass is 32.1. The highest BCUT2D eigenvalue weighted by Crippen LogP contribution is 2.27. The van der Waals surface area contributed by atoms with Crippen molar-refractivity contribution in [2.75, 3.05) is 11.5 Å². The first-order valence-electron chi connectivity index (χ1n) is 14.7. The summed E-state index contributed by atoms with van der Waals surface area (Å²) in [5.74, 6) is -2.66. The Balaban J connectivity index is 0.000000474. The maximum Gasteiger partial charge on any atom is 0.270 e. The number of nitrogens with two attached hydrogens (primary N) is 4. The zero-order valence-corrected chi connectivity index (χ0v) is 28.5. The van der Waals surface area contributed by atoms with Gasteiger partial charge >= 0.3 is 0 Å². The van der Waals surface area contributed by atoms with Gasteiger partial charge in [0, 0.05) is 36.5 Å². The van der Waals surface area contributed by atoms with Crippen LogP contribution in [0.5, 0.6) is 0 Å². The van der Waals surface area contributed by atoms with Crippen LogP contribution in [0.15, 0.2) is 59.7 Å². The fourth-order valence-electron chi connectivity index (χ4n) is 4.13. The molecule has 0 heterocycles. The van der Waals surface area contributed by atoms with E-state index in [0.29, 0.717) is 0 Å². The van der Waals surface area contributed by atoms with Crippen molar-refractivity contribution in [3.8, 4) is 0 Å². The molecule has 0 radical (unpaired) electrons. The van der Waals surface area contributed by atoms with E-state index in [1.54, 1.807) is 0 Å². The zero-order chi connectivity index (χ0) is 36.4. The lowest BCUT2D eigenvalue weighted by atomic mass is 9.88. The van der Waals surface area contributed by atoms with Crippen LogP contribution in [0.25, 0.3) is 12.2 Å². The SMILES string of the molecule is CC(=O)N[C@@H](CS)C(=O)[O-].CC(=O)N[C@@H](CS)C(=O)[O-].NC(=[NH2+])c1ccc(/C=C2/CCCC/C(=C/c3ccc([11C](N)=[NH2+])cc3)C2=O)cc1. The number of rotatable bonds is 10. The van der Waals surface area contributed by atoms with Gasteiger partial charge in [-0.05, 0) is 73.2 Å². The number of carbonyl (C=O) groups excluding carboxylic acids is 5. The van der Waals surface area contributed by atoms with Crippen molar-refractivity contribution in [2.45, 2.75) is 51.6 Å². The second kappa shape index (κ2) is 21.1. The van der Waals surface area contributed by atoms with E-state index < -0.39 is 35.8 Å². The van der Waals surface area contributed by atoms with Crippen LogP contribution in [-0.4, -0.2) is 64.8 Å². The van der Waals surface area contributed by atoms with Crippen molar-refractivity contribution in [3.05, 3.63) is 81.9 Å². The predicted molar refractivity (Wildman–Crippen MR) is 186 cm³/mol. The van der Waals surface area contributed by atoms with E-state index in [1.807, 2.05) is 60.7 Å². The van der Waals surface area contributed by atoms with E-state index in [1.165, 1.54) is 13.8 Å². The maximum atomic E-state index is 13.1. The third kappa shape index (κ3) is 15.1. The third-order valence-electron chi connectivity index (χ3n) is 6.58. The highest BCUT2D eigenvalue weighted by molar-refractivity contribution is 7.80. The Labute approximate surface area is 290 Å².